The molecule has 0 spiro atoms. The molecule has 3 rings (SSSR count). The topological polar surface area (TPSA) is 71.8 Å². The summed E-state index contributed by atoms with van der Waals surface area (Å²) >= 11 is 7.29. The number of hydrogen-bond donors (Lipinski definition) is 2. The minimum atomic E-state index is -0.0691. The summed E-state index contributed by atoms with van der Waals surface area (Å²) in [5.41, 5.74) is 2.91. The quantitative estimate of drug-likeness (QED) is 0.526. The third-order valence-electron chi connectivity index (χ3n) is 4.07. The standard InChI is InChI=1S/C20H22ClN5OS/c1-3-26-18(12-22-16-10-6-15(21)7-11-16)24-25-20(26)28-13-19(27)23-17-8-4-14(2)5-9-17/h4-11,22H,3,12-13H2,1-2H3,(H,23,27). The molecular formula is C20H22ClN5OS. The molecule has 0 saturated carbocycles. The lowest BCUT2D eigenvalue weighted by molar-refractivity contribution is -0.113. The second-order valence-electron chi connectivity index (χ2n) is 6.21. The molecule has 28 heavy (non-hydrogen) atoms. The Morgan fingerprint density at radius 2 is 1.75 bits per heavy atom. The van der Waals surface area contributed by atoms with Crippen molar-refractivity contribution >= 4 is 40.6 Å². The van der Waals surface area contributed by atoms with E-state index in [0.717, 1.165) is 34.5 Å². The fraction of sp³-hybridized carbons (Fsp3) is 0.250. The normalized spacial score (nSPS) is 10.7. The van der Waals surface area contributed by atoms with Crippen LogP contribution in [0.25, 0.3) is 0 Å². The SMILES string of the molecule is CCn1c(CNc2ccc(Cl)cc2)nnc1SCC(=O)Nc1ccc(C)cc1. The van der Waals surface area contributed by atoms with Gasteiger partial charge in [0.15, 0.2) is 11.0 Å². The van der Waals surface area contributed by atoms with Gasteiger partial charge in [-0.05, 0) is 50.2 Å². The summed E-state index contributed by atoms with van der Waals surface area (Å²) in [7, 11) is 0. The van der Waals surface area contributed by atoms with Crippen LogP contribution in [-0.4, -0.2) is 26.4 Å². The number of thioether (sulfide) groups is 1. The number of benzene rings is 2. The largest absolute Gasteiger partial charge is 0.378 e. The summed E-state index contributed by atoms with van der Waals surface area (Å²) < 4.78 is 2.01. The number of carbonyl (C=O) groups excluding carboxylic acids is 1. The van der Waals surface area contributed by atoms with Gasteiger partial charge in [0.2, 0.25) is 5.91 Å². The van der Waals surface area contributed by atoms with Crippen molar-refractivity contribution in [2.45, 2.75) is 32.1 Å². The first-order valence-electron chi connectivity index (χ1n) is 8.96. The molecular weight excluding hydrogens is 394 g/mol. The van der Waals surface area contributed by atoms with E-state index in [9.17, 15) is 4.79 Å². The first kappa shape index (κ1) is 20.2. The maximum absolute atomic E-state index is 12.2. The fourth-order valence-electron chi connectivity index (χ4n) is 2.59. The van der Waals surface area contributed by atoms with Gasteiger partial charge in [-0.2, -0.15) is 0 Å². The lowest BCUT2D eigenvalue weighted by atomic mass is 10.2. The van der Waals surface area contributed by atoms with Gasteiger partial charge in [0, 0.05) is 22.9 Å². The molecule has 0 radical (unpaired) electrons. The van der Waals surface area contributed by atoms with E-state index in [0.29, 0.717) is 11.6 Å². The van der Waals surface area contributed by atoms with E-state index >= 15 is 0 Å². The number of aryl methyl sites for hydroxylation is 1. The predicted molar refractivity (Wildman–Crippen MR) is 115 cm³/mol. The Hall–Kier alpha value is -2.51. The van der Waals surface area contributed by atoms with Crippen LogP contribution in [-0.2, 0) is 17.9 Å². The number of halogens is 1. The van der Waals surface area contributed by atoms with Gasteiger partial charge >= 0.3 is 0 Å². The van der Waals surface area contributed by atoms with Crippen LogP contribution >= 0.6 is 23.4 Å². The summed E-state index contributed by atoms with van der Waals surface area (Å²) in [5, 5.41) is 16.1. The van der Waals surface area contributed by atoms with Crippen LogP contribution in [0.4, 0.5) is 11.4 Å². The molecule has 1 amide bonds. The van der Waals surface area contributed by atoms with E-state index in [-0.39, 0.29) is 11.7 Å². The highest BCUT2D eigenvalue weighted by molar-refractivity contribution is 7.99. The summed E-state index contributed by atoms with van der Waals surface area (Å²) in [5.74, 6) is 1.02. The van der Waals surface area contributed by atoms with E-state index in [1.54, 1.807) is 0 Å². The van der Waals surface area contributed by atoms with Gasteiger partial charge in [0.05, 0.1) is 12.3 Å². The van der Waals surface area contributed by atoms with Crippen LogP contribution in [0.5, 0.6) is 0 Å². The average molecular weight is 416 g/mol. The highest BCUT2D eigenvalue weighted by Gasteiger charge is 2.13. The monoisotopic (exact) mass is 415 g/mol. The molecule has 2 aromatic carbocycles. The minimum absolute atomic E-state index is 0.0691. The van der Waals surface area contributed by atoms with Crippen molar-refractivity contribution in [3.63, 3.8) is 0 Å². The molecule has 1 heterocycles. The molecule has 6 nitrogen and oxygen atoms in total. The Kier molecular flexibility index (Phi) is 6.95. The van der Waals surface area contributed by atoms with E-state index in [1.807, 2.05) is 66.9 Å². The second-order valence-corrected chi connectivity index (χ2v) is 7.59. The van der Waals surface area contributed by atoms with Crippen molar-refractivity contribution in [2.75, 3.05) is 16.4 Å². The molecule has 0 fully saturated rings. The Balaban J connectivity index is 1.56. The first-order valence-corrected chi connectivity index (χ1v) is 10.3. The molecule has 0 aliphatic rings. The molecule has 3 aromatic rings. The van der Waals surface area contributed by atoms with Crippen LogP contribution in [0.3, 0.4) is 0 Å². The van der Waals surface area contributed by atoms with E-state index in [1.165, 1.54) is 11.8 Å². The molecule has 8 heteroatoms. The lowest BCUT2D eigenvalue weighted by Gasteiger charge is -2.09. The molecule has 1 aromatic heterocycles. The summed E-state index contributed by atoms with van der Waals surface area (Å²) in [6.45, 7) is 5.31. The minimum Gasteiger partial charge on any atom is -0.378 e. The highest BCUT2D eigenvalue weighted by Crippen LogP contribution is 2.19. The summed E-state index contributed by atoms with van der Waals surface area (Å²) in [6.07, 6.45) is 0. The van der Waals surface area contributed by atoms with Gasteiger partial charge in [-0.3, -0.25) is 4.79 Å². The third kappa shape index (κ3) is 5.50. The summed E-state index contributed by atoms with van der Waals surface area (Å²) in [6, 6.07) is 15.2. The smallest absolute Gasteiger partial charge is 0.234 e. The number of hydrogen-bond acceptors (Lipinski definition) is 5. The maximum Gasteiger partial charge on any atom is 0.234 e. The van der Waals surface area contributed by atoms with Gasteiger partial charge in [-0.15, -0.1) is 10.2 Å². The van der Waals surface area contributed by atoms with Crippen molar-refractivity contribution < 1.29 is 4.79 Å². The van der Waals surface area contributed by atoms with Crippen molar-refractivity contribution in [1.29, 1.82) is 0 Å². The van der Waals surface area contributed by atoms with E-state index in [4.69, 9.17) is 11.6 Å². The van der Waals surface area contributed by atoms with Crippen LogP contribution in [0, 0.1) is 6.92 Å². The predicted octanol–water partition coefficient (Wildman–Crippen LogP) is 4.60. The van der Waals surface area contributed by atoms with Crippen LogP contribution in [0.15, 0.2) is 53.7 Å². The lowest BCUT2D eigenvalue weighted by Crippen LogP contribution is -2.15. The highest BCUT2D eigenvalue weighted by atomic mass is 35.5. The van der Waals surface area contributed by atoms with E-state index in [2.05, 4.69) is 20.8 Å². The zero-order valence-corrected chi connectivity index (χ0v) is 17.3. The van der Waals surface area contributed by atoms with Crippen molar-refractivity contribution in [3.8, 4) is 0 Å². The first-order chi connectivity index (χ1) is 13.5. The second kappa shape index (κ2) is 9.61. The number of rotatable bonds is 8. The van der Waals surface area contributed by atoms with Gasteiger partial charge in [0.1, 0.15) is 0 Å². The van der Waals surface area contributed by atoms with Crippen molar-refractivity contribution in [2.24, 2.45) is 0 Å². The molecule has 0 bridgehead atoms. The Morgan fingerprint density at radius 3 is 2.43 bits per heavy atom. The van der Waals surface area contributed by atoms with Crippen molar-refractivity contribution in [1.82, 2.24) is 14.8 Å². The van der Waals surface area contributed by atoms with Crippen molar-refractivity contribution in [3.05, 3.63) is 64.9 Å². The number of carbonyl (C=O) groups is 1. The molecule has 0 aliphatic heterocycles. The van der Waals surface area contributed by atoms with Crippen LogP contribution < -0.4 is 10.6 Å². The number of nitrogens with one attached hydrogen (secondary N) is 2. The molecule has 0 unspecified atom stereocenters. The van der Waals surface area contributed by atoms with Gasteiger partial charge < -0.3 is 15.2 Å². The van der Waals surface area contributed by atoms with Crippen LogP contribution in [0.2, 0.25) is 5.02 Å². The molecule has 2 N–H and O–H groups in total. The Bertz CT molecular complexity index is 925. The van der Waals surface area contributed by atoms with Gasteiger partial charge in [0.25, 0.3) is 0 Å². The molecule has 0 aliphatic carbocycles. The number of amides is 1. The molecule has 0 saturated heterocycles. The molecule has 0 atom stereocenters. The maximum atomic E-state index is 12.2. The fourth-order valence-corrected chi connectivity index (χ4v) is 3.53. The van der Waals surface area contributed by atoms with Gasteiger partial charge in [-0.1, -0.05) is 41.1 Å². The Morgan fingerprint density at radius 1 is 1.07 bits per heavy atom. The Labute approximate surface area is 173 Å². The third-order valence-corrected chi connectivity index (χ3v) is 5.29. The number of aromatic nitrogens is 3. The zero-order valence-electron chi connectivity index (χ0n) is 15.8. The van der Waals surface area contributed by atoms with Gasteiger partial charge in [-0.25, -0.2) is 0 Å². The van der Waals surface area contributed by atoms with Crippen LogP contribution in [0.1, 0.15) is 18.3 Å². The summed E-state index contributed by atoms with van der Waals surface area (Å²) in [4.78, 5) is 12.2. The average Bonchev–Trinajstić information content (AvgIpc) is 3.09. The number of nitrogens with zero attached hydrogens (tertiary/aromatic N) is 3. The molecule has 146 valence electrons. The number of anilines is 2. The van der Waals surface area contributed by atoms with E-state index < -0.39 is 0 Å². The zero-order chi connectivity index (χ0) is 19.9.